The van der Waals surface area contributed by atoms with Gasteiger partial charge in [-0.25, -0.2) is 9.78 Å². The van der Waals surface area contributed by atoms with Gasteiger partial charge < -0.3 is 0 Å². The number of carbonyl (C=O) groups excluding carboxylic acids is 1. The first-order valence-electron chi connectivity index (χ1n) is 4.35. The van der Waals surface area contributed by atoms with Gasteiger partial charge in [-0.15, -0.1) is 4.99 Å². The van der Waals surface area contributed by atoms with Crippen LogP contribution in [-0.4, -0.2) is 16.0 Å². The van der Waals surface area contributed by atoms with E-state index in [0.717, 1.165) is 11.1 Å². The summed E-state index contributed by atoms with van der Waals surface area (Å²) in [4.78, 5) is 21.7. The third-order valence-corrected chi connectivity index (χ3v) is 1.91. The number of aliphatic imine (C=N–C) groups is 1. The predicted octanol–water partition coefficient (Wildman–Crippen LogP) is 2.11. The molecule has 0 amide bonds. The van der Waals surface area contributed by atoms with Crippen molar-refractivity contribution in [3.05, 3.63) is 42.9 Å². The Morgan fingerprint density at radius 3 is 2.80 bits per heavy atom. The maximum atomic E-state index is 10.2. The first-order valence-corrected chi connectivity index (χ1v) is 4.35. The van der Waals surface area contributed by atoms with E-state index in [9.17, 15) is 4.79 Å². The van der Waals surface area contributed by atoms with E-state index in [1.54, 1.807) is 24.7 Å². The molecule has 15 heavy (non-hydrogen) atoms. The number of isocyanates is 1. The Kier molecular flexibility index (Phi) is 2.63. The van der Waals surface area contributed by atoms with Crippen LogP contribution in [-0.2, 0) is 4.79 Å². The van der Waals surface area contributed by atoms with Crippen molar-refractivity contribution in [3.8, 4) is 11.1 Å². The fourth-order valence-electron chi connectivity index (χ4n) is 1.28. The van der Waals surface area contributed by atoms with Crippen molar-refractivity contribution < 1.29 is 4.79 Å². The molecule has 0 N–H and O–H groups in total. The molecule has 0 radical (unpaired) electrons. The molecule has 0 saturated heterocycles. The van der Waals surface area contributed by atoms with E-state index in [2.05, 4.69) is 15.0 Å². The van der Waals surface area contributed by atoms with Gasteiger partial charge in [-0.2, -0.15) is 0 Å². The molecule has 0 spiro atoms. The molecule has 0 saturated carbocycles. The highest BCUT2D eigenvalue weighted by Crippen LogP contribution is 2.26. The Morgan fingerprint density at radius 2 is 2.07 bits per heavy atom. The summed E-state index contributed by atoms with van der Waals surface area (Å²) in [5.41, 5.74) is 1.65. The van der Waals surface area contributed by atoms with Crippen molar-refractivity contribution in [2.24, 2.45) is 4.99 Å². The highest BCUT2D eigenvalue weighted by molar-refractivity contribution is 5.73. The van der Waals surface area contributed by atoms with Crippen LogP contribution in [0.1, 0.15) is 0 Å². The molecule has 2 heterocycles. The number of rotatable bonds is 2. The molecule has 4 heteroatoms. The summed E-state index contributed by atoms with van der Waals surface area (Å²) < 4.78 is 0. The molecular weight excluding hydrogens is 190 g/mol. The fourth-order valence-corrected chi connectivity index (χ4v) is 1.28. The van der Waals surface area contributed by atoms with Gasteiger partial charge in [0.1, 0.15) is 0 Å². The third kappa shape index (κ3) is 1.95. The number of nitrogens with zero attached hydrogens (tertiary/aromatic N) is 3. The molecule has 4 nitrogen and oxygen atoms in total. The average Bonchev–Trinajstić information content (AvgIpc) is 2.31. The van der Waals surface area contributed by atoms with E-state index < -0.39 is 0 Å². The zero-order chi connectivity index (χ0) is 10.5. The normalized spacial score (nSPS) is 9.33. The van der Waals surface area contributed by atoms with E-state index >= 15 is 0 Å². The summed E-state index contributed by atoms with van der Waals surface area (Å²) in [5, 5.41) is 0. The third-order valence-electron chi connectivity index (χ3n) is 1.91. The number of aromatic nitrogens is 2. The van der Waals surface area contributed by atoms with Crippen molar-refractivity contribution in [2.75, 3.05) is 0 Å². The summed E-state index contributed by atoms with van der Waals surface area (Å²) in [5.74, 6) is 0.362. The molecule has 0 fully saturated rings. The Morgan fingerprint density at radius 1 is 1.20 bits per heavy atom. The Bertz CT molecular complexity index is 504. The standard InChI is InChI=1S/C11H7N3O/c15-8-14-11-10(4-2-6-13-11)9-3-1-5-12-7-9/h1-7H. The van der Waals surface area contributed by atoms with Gasteiger partial charge in [0.05, 0.1) is 0 Å². The van der Waals surface area contributed by atoms with Crippen molar-refractivity contribution in [2.45, 2.75) is 0 Å². The summed E-state index contributed by atoms with van der Waals surface area (Å²) in [7, 11) is 0. The maximum absolute atomic E-state index is 10.2. The molecule has 2 aromatic heterocycles. The molecular formula is C11H7N3O. The van der Waals surface area contributed by atoms with Crippen LogP contribution in [0.25, 0.3) is 11.1 Å². The number of hydrogen-bond acceptors (Lipinski definition) is 4. The van der Waals surface area contributed by atoms with E-state index in [1.807, 2.05) is 18.2 Å². The minimum absolute atomic E-state index is 0.362. The van der Waals surface area contributed by atoms with E-state index in [1.165, 1.54) is 6.08 Å². The number of hydrogen-bond donors (Lipinski definition) is 0. The quantitative estimate of drug-likeness (QED) is 0.547. The van der Waals surface area contributed by atoms with Crippen molar-refractivity contribution in [1.29, 1.82) is 0 Å². The van der Waals surface area contributed by atoms with Crippen molar-refractivity contribution in [3.63, 3.8) is 0 Å². The van der Waals surface area contributed by atoms with Gasteiger partial charge in [-0.05, 0) is 18.2 Å². The lowest BCUT2D eigenvalue weighted by molar-refractivity contribution is 0.565. The SMILES string of the molecule is O=C=Nc1ncccc1-c1cccnc1. The Hall–Kier alpha value is -2.32. The Labute approximate surface area is 86.3 Å². The lowest BCUT2D eigenvalue weighted by atomic mass is 10.1. The lowest BCUT2D eigenvalue weighted by Gasteiger charge is -2.01. The number of pyridine rings is 2. The molecule has 0 atom stereocenters. The van der Waals surface area contributed by atoms with Gasteiger partial charge in [-0.1, -0.05) is 6.07 Å². The first-order chi connectivity index (χ1) is 7.42. The Balaban J connectivity index is 2.58. The van der Waals surface area contributed by atoms with Gasteiger partial charge in [0.2, 0.25) is 6.08 Å². The molecule has 0 aromatic carbocycles. The highest BCUT2D eigenvalue weighted by atomic mass is 16.1. The van der Waals surface area contributed by atoms with Gasteiger partial charge in [-0.3, -0.25) is 4.98 Å². The molecule has 0 aliphatic heterocycles. The zero-order valence-electron chi connectivity index (χ0n) is 7.79. The van der Waals surface area contributed by atoms with Crippen molar-refractivity contribution >= 4 is 11.9 Å². The lowest BCUT2D eigenvalue weighted by Crippen LogP contribution is -1.82. The average molecular weight is 197 g/mol. The van der Waals surface area contributed by atoms with E-state index in [4.69, 9.17) is 0 Å². The van der Waals surface area contributed by atoms with Crippen LogP contribution in [0, 0.1) is 0 Å². The van der Waals surface area contributed by atoms with Crippen molar-refractivity contribution in [1.82, 2.24) is 9.97 Å². The molecule has 72 valence electrons. The minimum atomic E-state index is 0.362. The molecule has 0 aliphatic carbocycles. The van der Waals surface area contributed by atoms with Crippen LogP contribution in [0.5, 0.6) is 0 Å². The van der Waals surface area contributed by atoms with Gasteiger partial charge in [0, 0.05) is 29.7 Å². The molecule has 2 rings (SSSR count). The molecule has 0 bridgehead atoms. The molecule has 2 aromatic rings. The highest BCUT2D eigenvalue weighted by Gasteiger charge is 2.03. The second-order valence-corrected chi connectivity index (χ2v) is 2.82. The smallest absolute Gasteiger partial charge is 0.242 e. The van der Waals surface area contributed by atoms with Crippen LogP contribution >= 0.6 is 0 Å². The summed E-state index contributed by atoms with van der Waals surface area (Å²) in [6, 6.07) is 7.32. The molecule has 0 unspecified atom stereocenters. The first kappa shape index (κ1) is 9.24. The van der Waals surface area contributed by atoms with Crippen LogP contribution in [0.2, 0.25) is 0 Å². The van der Waals surface area contributed by atoms with Crippen LogP contribution in [0.4, 0.5) is 5.82 Å². The van der Waals surface area contributed by atoms with Crippen LogP contribution in [0.15, 0.2) is 47.8 Å². The van der Waals surface area contributed by atoms with Crippen LogP contribution < -0.4 is 0 Å². The largest absolute Gasteiger partial charge is 0.264 e. The van der Waals surface area contributed by atoms with Crippen LogP contribution in [0.3, 0.4) is 0 Å². The molecule has 0 aliphatic rings. The fraction of sp³-hybridized carbons (Fsp3) is 0. The predicted molar refractivity (Wildman–Crippen MR) is 55.2 cm³/mol. The topological polar surface area (TPSA) is 55.2 Å². The zero-order valence-corrected chi connectivity index (χ0v) is 7.79. The second-order valence-electron chi connectivity index (χ2n) is 2.82. The van der Waals surface area contributed by atoms with Gasteiger partial charge >= 0.3 is 0 Å². The maximum Gasteiger partial charge on any atom is 0.242 e. The summed E-state index contributed by atoms with van der Waals surface area (Å²) in [6.45, 7) is 0. The monoisotopic (exact) mass is 197 g/mol. The van der Waals surface area contributed by atoms with E-state index in [0.29, 0.717) is 5.82 Å². The summed E-state index contributed by atoms with van der Waals surface area (Å²) in [6.07, 6.45) is 6.44. The van der Waals surface area contributed by atoms with Gasteiger partial charge in [0.15, 0.2) is 5.82 Å². The second kappa shape index (κ2) is 4.26. The minimum Gasteiger partial charge on any atom is -0.264 e. The van der Waals surface area contributed by atoms with Gasteiger partial charge in [0.25, 0.3) is 0 Å². The summed E-state index contributed by atoms with van der Waals surface area (Å²) >= 11 is 0. The van der Waals surface area contributed by atoms with E-state index in [-0.39, 0.29) is 0 Å².